The molecule has 0 aliphatic carbocycles. The summed E-state index contributed by atoms with van der Waals surface area (Å²) in [6, 6.07) is 12.1. The summed E-state index contributed by atoms with van der Waals surface area (Å²) in [6.07, 6.45) is 0.0676. The average molecular weight is 407 g/mol. The van der Waals surface area contributed by atoms with Crippen LogP contribution in [-0.2, 0) is 16.0 Å². The van der Waals surface area contributed by atoms with Gasteiger partial charge in [0.25, 0.3) is 5.91 Å². The van der Waals surface area contributed by atoms with Gasteiger partial charge in [-0.15, -0.1) is 0 Å². The monoisotopic (exact) mass is 406 g/mol. The summed E-state index contributed by atoms with van der Waals surface area (Å²) in [6.45, 7) is 4.48. The van der Waals surface area contributed by atoms with Crippen molar-refractivity contribution in [3.8, 4) is 17.2 Å². The van der Waals surface area contributed by atoms with Crippen molar-refractivity contribution in [2.24, 2.45) is 0 Å². The first kappa shape index (κ1) is 21.4. The SMILES string of the molecule is CCOc1ccc(CC(=O)NNC(=O)COc2ccccc2Cl)cc1OCC. The molecule has 2 amide bonds. The molecule has 2 aromatic carbocycles. The zero-order chi connectivity index (χ0) is 20.4. The molecule has 2 aromatic rings. The molecule has 7 nitrogen and oxygen atoms in total. The van der Waals surface area contributed by atoms with Crippen molar-refractivity contribution >= 4 is 23.4 Å². The number of hydrogen-bond donors (Lipinski definition) is 2. The van der Waals surface area contributed by atoms with Crippen LogP contribution in [0.2, 0.25) is 5.02 Å². The number of para-hydroxylation sites is 1. The van der Waals surface area contributed by atoms with Crippen LogP contribution in [0.25, 0.3) is 0 Å². The van der Waals surface area contributed by atoms with Crippen LogP contribution < -0.4 is 25.1 Å². The highest BCUT2D eigenvalue weighted by Crippen LogP contribution is 2.28. The third-order valence-electron chi connectivity index (χ3n) is 3.51. The van der Waals surface area contributed by atoms with Crippen LogP contribution in [0.5, 0.6) is 17.2 Å². The number of benzene rings is 2. The van der Waals surface area contributed by atoms with Crippen molar-refractivity contribution in [1.29, 1.82) is 0 Å². The summed E-state index contributed by atoms with van der Waals surface area (Å²) in [5, 5.41) is 0.403. The minimum atomic E-state index is -0.505. The molecule has 2 rings (SSSR count). The Balaban J connectivity index is 1.82. The van der Waals surface area contributed by atoms with Crippen LogP contribution >= 0.6 is 11.6 Å². The molecule has 0 aliphatic rings. The summed E-state index contributed by atoms with van der Waals surface area (Å²) in [4.78, 5) is 23.9. The van der Waals surface area contributed by atoms with E-state index in [1.165, 1.54) is 0 Å². The van der Waals surface area contributed by atoms with Gasteiger partial charge in [0.2, 0.25) is 5.91 Å². The van der Waals surface area contributed by atoms with Gasteiger partial charge >= 0.3 is 0 Å². The Morgan fingerprint density at radius 2 is 1.54 bits per heavy atom. The summed E-state index contributed by atoms with van der Waals surface area (Å²) in [5.74, 6) is 0.710. The fraction of sp³-hybridized carbons (Fsp3) is 0.300. The molecule has 28 heavy (non-hydrogen) atoms. The van der Waals surface area contributed by atoms with Crippen molar-refractivity contribution in [2.45, 2.75) is 20.3 Å². The maximum Gasteiger partial charge on any atom is 0.276 e. The van der Waals surface area contributed by atoms with E-state index in [0.717, 1.165) is 5.56 Å². The quantitative estimate of drug-likeness (QED) is 0.625. The lowest BCUT2D eigenvalue weighted by Crippen LogP contribution is -2.44. The molecule has 0 atom stereocenters. The molecule has 0 bridgehead atoms. The lowest BCUT2D eigenvalue weighted by molar-refractivity contribution is -0.129. The van der Waals surface area contributed by atoms with E-state index in [9.17, 15) is 9.59 Å². The Kier molecular flexibility index (Phi) is 8.42. The molecule has 0 saturated heterocycles. The number of halogens is 1. The summed E-state index contributed by atoms with van der Waals surface area (Å²) in [7, 11) is 0. The molecule has 0 saturated carbocycles. The van der Waals surface area contributed by atoms with E-state index in [2.05, 4.69) is 10.9 Å². The van der Waals surface area contributed by atoms with Gasteiger partial charge in [-0.05, 0) is 43.7 Å². The standard InChI is InChI=1S/C20H23ClN2O5/c1-3-26-17-10-9-14(11-18(17)27-4-2)12-19(24)22-23-20(25)13-28-16-8-6-5-7-15(16)21/h5-11H,3-4,12-13H2,1-2H3,(H,22,24)(H,23,25). The molecule has 0 radical (unpaired) electrons. The number of amides is 2. The second-order valence-corrected chi connectivity index (χ2v) is 6.05. The Bertz CT molecular complexity index is 813. The third kappa shape index (κ3) is 6.66. The van der Waals surface area contributed by atoms with Crippen LogP contribution in [0.3, 0.4) is 0 Å². The van der Waals surface area contributed by atoms with Crippen LogP contribution in [-0.4, -0.2) is 31.6 Å². The molecule has 0 aliphatic heterocycles. The number of nitrogens with one attached hydrogen (secondary N) is 2. The lowest BCUT2D eigenvalue weighted by Gasteiger charge is -2.13. The zero-order valence-corrected chi connectivity index (χ0v) is 16.5. The van der Waals surface area contributed by atoms with Gasteiger partial charge in [0.05, 0.1) is 24.7 Å². The first-order valence-corrected chi connectivity index (χ1v) is 9.24. The molecule has 0 unspecified atom stereocenters. The lowest BCUT2D eigenvalue weighted by atomic mass is 10.1. The Morgan fingerprint density at radius 1 is 0.857 bits per heavy atom. The Labute approximate surface area is 168 Å². The van der Waals surface area contributed by atoms with E-state index < -0.39 is 5.91 Å². The number of hydrogen-bond acceptors (Lipinski definition) is 5. The molecule has 2 N–H and O–H groups in total. The Hall–Kier alpha value is -2.93. The van der Waals surface area contributed by atoms with Gasteiger partial charge in [-0.2, -0.15) is 0 Å². The molecule has 0 heterocycles. The molecule has 0 spiro atoms. The number of hydrazine groups is 1. The second kappa shape index (κ2) is 11.0. The van der Waals surface area contributed by atoms with Crippen molar-refractivity contribution in [1.82, 2.24) is 10.9 Å². The van der Waals surface area contributed by atoms with Gasteiger partial charge in [-0.3, -0.25) is 20.4 Å². The van der Waals surface area contributed by atoms with E-state index in [4.69, 9.17) is 25.8 Å². The maximum absolute atomic E-state index is 12.1. The number of rotatable bonds is 9. The average Bonchev–Trinajstić information content (AvgIpc) is 2.68. The van der Waals surface area contributed by atoms with Crippen LogP contribution in [0.1, 0.15) is 19.4 Å². The molecule has 150 valence electrons. The highest BCUT2D eigenvalue weighted by Gasteiger charge is 2.11. The van der Waals surface area contributed by atoms with Crippen molar-refractivity contribution in [3.63, 3.8) is 0 Å². The van der Waals surface area contributed by atoms with Gasteiger partial charge in [0, 0.05) is 0 Å². The normalized spacial score (nSPS) is 10.1. The molecular formula is C20H23ClN2O5. The van der Waals surface area contributed by atoms with Crippen LogP contribution in [0.4, 0.5) is 0 Å². The minimum Gasteiger partial charge on any atom is -0.490 e. The predicted molar refractivity (Wildman–Crippen MR) is 106 cm³/mol. The van der Waals surface area contributed by atoms with E-state index in [-0.39, 0.29) is 18.9 Å². The minimum absolute atomic E-state index is 0.0676. The van der Waals surface area contributed by atoms with Crippen molar-refractivity contribution in [3.05, 3.63) is 53.1 Å². The van der Waals surface area contributed by atoms with Crippen molar-refractivity contribution < 1.29 is 23.8 Å². The van der Waals surface area contributed by atoms with E-state index in [1.54, 1.807) is 42.5 Å². The summed E-state index contributed by atoms with van der Waals surface area (Å²) in [5.41, 5.74) is 5.38. The van der Waals surface area contributed by atoms with Crippen LogP contribution in [0.15, 0.2) is 42.5 Å². The van der Waals surface area contributed by atoms with Gasteiger partial charge in [0.1, 0.15) is 5.75 Å². The first-order valence-electron chi connectivity index (χ1n) is 8.87. The summed E-state index contributed by atoms with van der Waals surface area (Å²) < 4.78 is 16.3. The van der Waals surface area contributed by atoms with Gasteiger partial charge in [0.15, 0.2) is 18.1 Å². The number of carbonyl (C=O) groups is 2. The van der Waals surface area contributed by atoms with Gasteiger partial charge in [-0.25, -0.2) is 0 Å². The Morgan fingerprint density at radius 3 is 2.25 bits per heavy atom. The van der Waals surface area contributed by atoms with E-state index in [0.29, 0.717) is 35.5 Å². The van der Waals surface area contributed by atoms with E-state index >= 15 is 0 Å². The molecule has 0 fully saturated rings. The van der Waals surface area contributed by atoms with Gasteiger partial charge in [-0.1, -0.05) is 29.8 Å². The number of carbonyl (C=O) groups excluding carboxylic acids is 2. The van der Waals surface area contributed by atoms with Crippen molar-refractivity contribution in [2.75, 3.05) is 19.8 Å². The highest BCUT2D eigenvalue weighted by molar-refractivity contribution is 6.32. The predicted octanol–water partition coefficient (Wildman–Crippen LogP) is 2.91. The zero-order valence-electron chi connectivity index (χ0n) is 15.8. The fourth-order valence-electron chi connectivity index (χ4n) is 2.32. The molecular weight excluding hydrogens is 384 g/mol. The first-order chi connectivity index (χ1) is 13.5. The number of ether oxygens (including phenoxy) is 3. The highest BCUT2D eigenvalue weighted by atomic mass is 35.5. The second-order valence-electron chi connectivity index (χ2n) is 5.64. The van der Waals surface area contributed by atoms with E-state index in [1.807, 2.05) is 13.8 Å². The largest absolute Gasteiger partial charge is 0.490 e. The summed E-state index contributed by atoms with van der Waals surface area (Å²) >= 11 is 5.95. The molecule has 0 aromatic heterocycles. The third-order valence-corrected chi connectivity index (χ3v) is 3.82. The van der Waals surface area contributed by atoms with Gasteiger partial charge < -0.3 is 14.2 Å². The molecule has 8 heteroatoms. The fourth-order valence-corrected chi connectivity index (χ4v) is 2.51. The topological polar surface area (TPSA) is 85.9 Å². The smallest absolute Gasteiger partial charge is 0.276 e. The van der Waals surface area contributed by atoms with Crippen LogP contribution in [0, 0.1) is 0 Å². The maximum atomic E-state index is 12.1.